The molecule has 2 unspecified atom stereocenters. The van der Waals surface area contributed by atoms with Crippen LogP contribution >= 0.6 is 0 Å². The molecule has 1 rings (SSSR count). The molecule has 1 amide bonds. The predicted molar refractivity (Wildman–Crippen MR) is 56.1 cm³/mol. The zero-order valence-corrected chi connectivity index (χ0v) is 9.70. The molecule has 10 heteroatoms. The maximum atomic E-state index is 11.0. The highest BCUT2D eigenvalue weighted by Gasteiger charge is 2.53. The third-order valence-corrected chi connectivity index (χ3v) is 3.09. The summed E-state index contributed by atoms with van der Waals surface area (Å²) >= 11 is 0. The first-order valence-corrected chi connectivity index (χ1v) is 5.35. The van der Waals surface area contributed by atoms with Crippen molar-refractivity contribution in [2.24, 2.45) is 5.73 Å². The highest BCUT2D eigenvalue weighted by molar-refractivity contribution is 5.84. The van der Waals surface area contributed by atoms with Crippen LogP contribution in [0.15, 0.2) is 0 Å². The molecule has 1 aliphatic rings. The summed E-state index contributed by atoms with van der Waals surface area (Å²) in [5.41, 5.74) is 1.97. The molecule has 0 bridgehead atoms. The van der Waals surface area contributed by atoms with Gasteiger partial charge in [0.15, 0.2) is 11.9 Å². The number of rotatable bonds is 4. The highest BCUT2D eigenvalue weighted by Crippen LogP contribution is 2.26. The maximum Gasteiger partial charge on any atom is 0.254 e. The predicted octanol–water partition coefficient (Wildman–Crippen LogP) is -5.64. The largest absolute Gasteiger partial charge is 0.393 e. The zero-order chi connectivity index (χ0) is 15.0. The maximum absolute atomic E-state index is 11.0. The minimum atomic E-state index is -2.84. The van der Waals surface area contributed by atoms with E-state index in [1.165, 1.54) is 0 Å². The zero-order valence-electron chi connectivity index (χ0n) is 9.70. The van der Waals surface area contributed by atoms with Gasteiger partial charge in [-0.3, -0.25) is 4.79 Å². The van der Waals surface area contributed by atoms with Gasteiger partial charge in [-0.05, 0) is 0 Å². The van der Waals surface area contributed by atoms with Gasteiger partial charge in [0.1, 0.15) is 30.5 Å². The van der Waals surface area contributed by atoms with Crippen LogP contribution in [0.2, 0.25) is 0 Å². The molecule has 1 heterocycles. The summed E-state index contributed by atoms with van der Waals surface area (Å²) in [5, 5.41) is 65.8. The lowest BCUT2D eigenvalue weighted by molar-refractivity contribution is -0.308. The first-order valence-electron chi connectivity index (χ1n) is 5.35. The molecule has 9 N–H and O–H groups in total. The van der Waals surface area contributed by atoms with Crippen LogP contribution in [0, 0.1) is 0 Å². The van der Waals surface area contributed by atoms with Crippen molar-refractivity contribution in [3.8, 4) is 0 Å². The average Bonchev–Trinajstić information content (AvgIpc) is 2.38. The molecule has 0 aromatic carbocycles. The van der Waals surface area contributed by atoms with Gasteiger partial charge in [0.05, 0.1) is 6.61 Å². The summed E-state index contributed by atoms with van der Waals surface area (Å²) in [6.07, 6.45) is -11.7. The van der Waals surface area contributed by atoms with Gasteiger partial charge in [-0.1, -0.05) is 0 Å². The smallest absolute Gasteiger partial charge is 0.254 e. The molecule has 19 heavy (non-hydrogen) atoms. The van der Waals surface area contributed by atoms with Gasteiger partial charge in [0, 0.05) is 0 Å². The van der Waals surface area contributed by atoms with E-state index in [1.807, 2.05) is 0 Å². The number of nitrogens with two attached hydrogens (primary N) is 1. The summed E-state index contributed by atoms with van der Waals surface area (Å²) in [5.74, 6) is -1.49. The second-order valence-electron chi connectivity index (χ2n) is 4.35. The lowest BCUT2D eigenvalue weighted by Crippen LogP contribution is -2.68. The number of amides is 1. The molecule has 1 saturated heterocycles. The Balaban J connectivity index is 2.98. The van der Waals surface area contributed by atoms with Crippen LogP contribution in [0.1, 0.15) is 0 Å². The third kappa shape index (κ3) is 2.70. The van der Waals surface area contributed by atoms with Crippen molar-refractivity contribution in [3.05, 3.63) is 0 Å². The molecule has 1 aliphatic heterocycles. The van der Waals surface area contributed by atoms with E-state index in [0.717, 1.165) is 0 Å². The van der Waals surface area contributed by atoms with E-state index < -0.39 is 54.9 Å². The minimum Gasteiger partial charge on any atom is -0.393 e. The van der Waals surface area contributed by atoms with Crippen molar-refractivity contribution < 1.29 is 45.3 Å². The Morgan fingerprint density at radius 3 is 2.16 bits per heavy atom. The Morgan fingerprint density at radius 2 is 1.74 bits per heavy atom. The van der Waals surface area contributed by atoms with E-state index >= 15 is 0 Å². The van der Waals surface area contributed by atoms with Crippen molar-refractivity contribution in [1.82, 2.24) is 0 Å². The van der Waals surface area contributed by atoms with Gasteiger partial charge < -0.3 is 46.2 Å². The van der Waals surface area contributed by atoms with Crippen LogP contribution in [0.5, 0.6) is 0 Å². The van der Waals surface area contributed by atoms with Crippen LogP contribution in [0.25, 0.3) is 0 Å². The Bertz CT molecular complexity index is 340. The minimum absolute atomic E-state index is 1.27. The van der Waals surface area contributed by atoms with Crippen molar-refractivity contribution in [3.63, 3.8) is 0 Å². The molecule has 112 valence electrons. The van der Waals surface area contributed by atoms with E-state index in [0.29, 0.717) is 0 Å². The molecule has 0 aliphatic carbocycles. The van der Waals surface area contributed by atoms with E-state index in [-0.39, 0.29) is 0 Å². The van der Waals surface area contributed by atoms with Crippen molar-refractivity contribution in [2.45, 2.75) is 42.4 Å². The van der Waals surface area contributed by atoms with E-state index in [9.17, 15) is 35.4 Å². The first kappa shape index (κ1) is 16.2. The number of carbonyl (C=O) groups is 1. The molecule has 0 radical (unpaired) electrons. The van der Waals surface area contributed by atoms with E-state index in [2.05, 4.69) is 4.74 Å². The highest BCUT2D eigenvalue weighted by atomic mass is 16.6. The van der Waals surface area contributed by atoms with Crippen LogP contribution in [-0.4, -0.2) is 90.7 Å². The lowest BCUT2D eigenvalue weighted by atomic mass is 9.86. The van der Waals surface area contributed by atoms with Crippen LogP contribution in [-0.2, 0) is 9.53 Å². The van der Waals surface area contributed by atoms with E-state index in [1.54, 1.807) is 0 Å². The SMILES string of the molecule is NC(=O)C(O)(CO)C(O)[C@H]1O[C@H](O)[C@@H](O)[C@@H](O)[C@@H]1O. The summed E-state index contributed by atoms with van der Waals surface area (Å²) in [6.45, 7) is -1.27. The van der Waals surface area contributed by atoms with Gasteiger partial charge in [-0.15, -0.1) is 0 Å². The topological polar surface area (TPSA) is 194 Å². The molecule has 0 saturated carbocycles. The fourth-order valence-corrected chi connectivity index (χ4v) is 1.74. The van der Waals surface area contributed by atoms with Crippen molar-refractivity contribution in [1.29, 1.82) is 0 Å². The molecule has 1 fully saturated rings. The Hall–Kier alpha value is -0.850. The number of carbonyl (C=O) groups excluding carboxylic acids is 1. The second-order valence-corrected chi connectivity index (χ2v) is 4.35. The Kier molecular flexibility index (Phi) is 4.81. The number of ether oxygens (including phenoxy) is 1. The van der Waals surface area contributed by atoms with Gasteiger partial charge in [-0.25, -0.2) is 0 Å². The van der Waals surface area contributed by atoms with Gasteiger partial charge >= 0.3 is 0 Å². The fraction of sp³-hybridized carbons (Fsp3) is 0.889. The van der Waals surface area contributed by atoms with Crippen molar-refractivity contribution >= 4 is 5.91 Å². The molecule has 0 spiro atoms. The Labute approximate surface area is 107 Å². The fourth-order valence-electron chi connectivity index (χ4n) is 1.74. The number of hydrogen-bond acceptors (Lipinski definition) is 9. The van der Waals surface area contributed by atoms with Gasteiger partial charge in [0.25, 0.3) is 5.91 Å². The third-order valence-electron chi connectivity index (χ3n) is 3.09. The number of hydrogen-bond donors (Lipinski definition) is 8. The summed E-state index contributed by atoms with van der Waals surface area (Å²) < 4.78 is 4.61. The summed E-state index contributed by atoms with van der Waals surface area (Å²) in [6, 6.07) is 0. The molecule has 0 aromatic rings. The van der Waals surface area contributed by atoms with Crippen molar-refractivity contribution in [2.75, 3.05) is 6.61 Å². The van der Waals surface area contributed by atoms with Crippen LogP contribution in [0.3, 0.4) is 0 Å². The summed E-state index contributed by atoms with van der Waals surface area (Å²) in [4.78, 5) is 11.0. The molecule has 10 nitrogen and oxygen atoms in total. The number of aliphatic hydroxyl groups excluding tert-OH is 6. The number of primary amides is 1. The van der Waals surface area contributed by atoms with Crippen LogP contribution in [0.4, 0.5) is 0 Å². The monoisotopic (exact) mass is 283 g/mol. The summed E-state index contributed by atoms with van der Waals surface area (Å²) in [7, 11) is 0. The molecular formula is C9H17NO9. The van der Waals surface area contributed by atoms with Crippen LogP contribution < -0.4 is 5.73 Å². The first-order chi connectivity index (χ1) is 8.66. The average molecular weight is 283 g/mol. The molecule has 7 atom stereocenters. The Morgan fingerprint density at radius 1 is 1.21 bits per heavy atom. The van der Waals surface area contributed by atoms with Gasteiger partial charge in [0.2, 0.25) is 0 Å². The molecule has 0 aromatic heterocycles. The number of aliphatic hydroxyl groups is 7. The lowest BCUT2D eigenvalue weighted by Gasteiger charge is -2.43. The normalized spacial score (nSPS) is 40.5. The second kappa shape index (κ2) is 5.64. The standard InChI is InChI=1S/C9H17NO9/c10-8(17)9(18,1-11)6(15)5-3(13)2(12)4(14)7(16)19-5/h2-7,11-16,18H,1H2,(H2,10,17)/t2-,3-,4-,5-,6?,7-,9?/m0/s1. The van der Waals surface area contributed by atoms with E-state index in [4.69, 9.17) is 10.8 Å². The quantitative estimate of drug-likeness (QED) is 0.248. The van der Waals surface area contributed by atoms with Gasteiger partial charge in [-0.2, -0.15) is 0 Å². The molecular weight excluding hydrogens is 266 g/mol.